The van der Waals surface area contributed by atoms with Gasteiger partial charge in [0.05, 0.1) is 12.5 Å². The van der Waals surface area contributed by atoms with Crippen LogP contribution in [-0.2, 0) is 9.53 Å². The maximum atomic E-state index is 12.3. The third kappa shape index (κ3) is 3.42. The van der Waals surface area contributed by atoms with Gasteiger partial charge in [-0.3, -0.25) is 4.79 Å². The van der Waals surface area contributed by atoms with Gasteiger partial charge < -0.3 is 15.4 Å². The van der Waals surface area contributed by atoms with Gasteiger partial charge in [0.1, 0.15) is 0 Å². The Morgan fingerprint density at radius 1 is 1.24 bits per heavy atom. The van der Waals surface area contributed by atoms with Crippen LogP contribution in [0.2, 0.25) is 0 Å². The molecule has 0 radical (unpaired) electrons. The SMILES string of the molecule is NCC1CCCCCN1C(=O)CC1CCCO1. The second-order valence-electron chi connectivity index (χ2n) is 5.17. The van der Waals surface area contributed by atoms with Crippen molar-refractivity contribution in [3.63, 3.8) is 0 Å². The van der Waals surface area contributed by atoms with Crippen LogP contribution in [0.4, 0.5) is 0 Å². The Morgan fingerprint density at radius 2 is 2.12 bits per heavy atom. The Kier molecular flexibility index (Phi) is 4.80. The summed E-state index contributed by atoms with van der Waals surface area (Å²) in [6.45, 7) is 2.29. The van der Waals surface area contributed by atoms with Crippen LogP contribution >= 0.6 is 0 Å². The average molecular weight is 240 g/mol. The number of carbonyl (C=O) groups excluding carboxylic acids is 1. The maximum Gasteiger partial charge on any atom is 0.225 e. The van der Waals surface area contributed by atoms with Gasteiger partial charge in [0, 0.05) is 25.7 Å². The van der Waals surface area contributed by atoms with Crippen LogP contribution in [-0.4, -0.2) is 42.6 Å². The summed E-state index contributed by atoms with van der Waals surface area (Å²) < 4.78 is 5.54. The van der Waals surface area contributed by atoms with Crippen LogP contribution in [0.1, 0.15) is 44.9 Å². The van der Waals surface area contributed by atoms with Gasteiger partial charge in [-0.05, 0) is 25.7 Å². The summed E-state index contributed by atoms with van der Waals surface area (Å²) in [4.78, 5) is 14.3. The average Bonchev–Trinajstić information content (AvgIpc) is 2.71. The summed E-state index contributed by atoms with van der Waals surface area (Å²) in [7, 11) is 0. The smallest absolute Gasteiger partial charge is 0.225 e. The van der Waals surface area contributed by atoms with E-state index >= 15 is 0 Å². The van der Waals surface area contributed by atoms with Crippen LogP contribution in [0, 0.1) is 0 Å². The van der Waals surface area contributed by atoms with Crippen molar-refractivity contribution in [1.82, 2.24) is 4.90 Å². The van der Waals surface area contributed by atoms with E-state index in [2.05, 4.69) is 0 Å². The quantitative estimate of drug-likeness (QED) is 0.808. The number of rotatable bonds is 3. The van der Waals surface area contributed by atoms with E-state index in [0.29, 0.717) is 13.0 Å². The summed E-state index contributed by atoms with van der Waals surface area (Å²) in [5.41, 5.74) is 5.78. The summed E-state index contributed by atoms with van der Waals surface area (Å²) in [5, 5.41) is 0. The first-order valence-electron chi connectivity index (χ1n) is 6.92. The molecule has 4 nitrogen and oxygen atoms in total. The van der Waals surface area contributed by atoms with Crippen molar-refractivity contribution in [2.75, 3.05) is 19.7 Å². The molecule has 0 spiro atoms. The highest BCUT2D eigenvalue weighted by molar-refractivity contribution is 5.77. The van der Waals surface area contributed by atoms with Gasteiger partial charge in [-0.1, -0.05) is 12.8 Å². The Balaban J connectivity index is 1.89. The molecular weight excluding hydrogens is 216 g/mol. The number of amides is 1. The Morgan fingerprint density at radius 3 is 2.82 bits per heavy atom. The van der Waals surface area contributed by atoms with Crippen LogP contribution < -0.4 is 5.73 Å². The van der Waals surface area contributed by atoms with Gasteiger partial charge >= 0.3 is 0 Å². The fraction of sp³-hybridized carbons (Fsp3) is 0.923. The number of nitrogens with zero attached hydrogens (tertiary/aromatic N) is 1. The molecule has 2 N–H and O–H groups in total. The maximum absolute atomic E-state index is 12.3. The number of ether oxygens (including phenoxy) is 1. The monoisotopic (exact) mass is 240 g/mol. The molecule has 0 aromatic rings. The van der Waals surface area contributed by atoms with Crippen LogP contribution in [0.15, 0.2) is 0 Å². The van der Waals surface area contributed by atoms with E-state index < -0.39 is 0 Å². The van der Waals surface area contributed by atoms with Crippen molar-refractivity contribution in [2.24, 2.45) is 5.73 Å². The lowest BCUT2D eigenvalue weighted by molar-refractivity contribution is -0.135. The fourth-order valence-electron chi connectivity index (χ4n) is 2.87. The van der Waals surface area contributed by atoms with Crippen LogP contribution in [0.25, 0.3) is 0 Å². The molecule has 2 unspecified atom stereocenters. The third-order valence-electron chi connectivity index (χ3n) is 3.90. The molecule has 2 rings (SSSR count). The minimum absolute atomic E-state index is 0.157. The molecule has 2 aliphatic heterocycles. The minimum Gasteiger partial charge on any atom is -0.378 e. The summed E-state index contributed by atoms with van der Waals surface area (Å²) in [6, 6.07) is 0.256. The van der Waals surface area contributed by atoms with Crippen LogP contribution in [0.3, 0.4) is 0 Å². The Hall–Kier alpha value is -0.610. The number of hydrogen-bond acceptors (Lipinski definition) is 3. The summed E-state index contributed by atoms with van der Waals surface area (Å²) in [5.74, 6) is 0.245. The number of carbonyl (C=O) groups is 1. The van der Waals surface area contributed by atoms with Crippen LogP contribution in [0.5, 0.6) is 0 Å². The summed E-state index contributed by atoms with van der Waals surface area (Å²) >= 11 is 0. The predicted molar refractivity (Wildman–Crippen MR) is 66.6 cm³/mol. The molecule has 0 aromatic carbocycles. The second kappa shape index (κ2) is 6.36. The van der Waals surface area contributed by atoms with E-state index in [4.69, 9.17) is 10.5 Å². The Labute approximate surface area is 103 Å². The largest absolute Gasteiger partial charge is 0.378 e. The molecule has 17 heavy (non-hydrogen) atoms. The molecule has 4 heteroatoms. The first-order valence-corrected chi connectivity index (χ1v) is 6.92. The van der Waals surface area contributed by atoms with E-state index in [1.165, 1.54) is 12.8 Å². The first kappa shape index (κ1) is 12.8. The zero-order valence-electron chi connectivity index (χ0n) is 10.6. The first-order chi connectivity index (χ1) is 8.31. The number of nitrogens with two attached hydrogens (primary N) is 1. The van der Waals surface area contributed by atoms with Crippen molar-refractivity contribution < 1.29 is 9.53 Å². The molecule has 2 heterocycles. The highest BCUT2D eigenvalue weighted by atomic mass is 16.5. The highest BCUT2D eigenvalue weighted by Crippen LogP contribution is 2.21. The van der Waals surface area contributed by atoms with Crippen molar-refractivity contribution in [2.45, 2.75) is 57.1 Å². The van der Waals surface area contributed by atoms with Gasteiger partial charge in [-0.2, -0.15) is 0 Å². The molecule has 0 aliphatic carbocycles. The Bertz CT molecular complexity index is 252. The van der Waals surface area contributed by atoms with E-state index in [1.54, 1.807) is 0 Å². The topological polar surface area (TPSA) is 55.6 Å². The molecule has 2 aliphatic rings. The highest BCUT2D eigenvalue weighted by Gasteiger charge is 2.27. The lowest BCUT2D eigenvalue weighted by atomic mass is 10.1. The standard InChI is InChI=1S/C13H24N2O2/c14-10-11-5-2-1-3-7-15(11)13(16)9-12-6-4-8-17-12/h11-12H,1-10,14H2. The number of hydrogen-bond donors (Lipinski definition) is 1. The van der Waals surface area contributed by atoms with Crippen molar-refractivity contribution in [3.05, 3.63) is 0 Å². The van der Waals surface area contributed by atoms with Gasteiger partial charge in [0.2, 0.25) is 5.91 Å². The van der Waals surface area contributed by atoms with Gasteiger partial charge in [-0.25, -0.2) is 0 Å². The van der Waals surface area contributed by atoms with Crippen molar-refractivity contribution in [1.29, 1.82) is 0 Å². The molecule has 2 saturated heterocycles. The minimum atomic E-state index is 0.157. The van der Waals surface area contributed by atoms with Gasteiger partial charge in [0.15, 0.2) is 0 Å². The summed E-state index contributed by atoms with van der Waals surface area (Å²) in [6.07, 6.45) is 7.44. The zero-order chi connectivity index (χ0) is 12.1. The molecule has 2 fully saturated rings. The number of likely N-dealkylation sites (tertiary alicyclic amines) is 1. The molecule has 2 atom stereocenters. The normalized spacial score (nSPS) is 30.3. The fourth-order valence-corrected chi connectivity index (χ4v) is 2.87. The van der Waals surface area contributed by atoms with Crippen molar-refractivity contribution in [3.8, 4) is 0 Å². The van der Waals surface area contributed by atoms with E-state index in [-0.39, 0.29) is 18.1 Å². The van der Waals surface area contributed by atoms with E-state index in [1.807, 2.05) is 4.90 Å². The molecule has 0 bridgehead atoms. The van der Waals surface area contributed by atoms with Crippen molar-refractivity contribution >= 4 is 5.91 Å². The van der Waals surface area contributed by atoms with Gasteiger partial charge in [0.25, 0.3) is 0 Å². The lowest BCUT2D eigenvalue weighted by Gasteiger charge is -2.30. The van der Waals surface area contributed by atoms with E-state index in [0.717, 1.165) is 38.8 Å². The molecule has 0 saturated carbocycles. The van der Waals surface area contributed by atoms with E-state index in [9.17, 15) is 4.79 Å². The predicted octanol–water partition coefficient (Wildman–Crippen LogP) is 1.29. The molecule has 98 valence electrons. The third-order valence-corrected chi connectivity index (χ3v) is 3.90. The van der Waals surface area contributed by atoms with Gasteiger partial charge in [-0.15, -0.1) is 0 Å². The zero-order valence-corrected chi connectivity index (χ0v) is 10.6. The molecule has 0 aromatic heterocycles. The molecular formula is C13H24N2O2. The second-order valence-corrected chi connectivity index (χ2v) is 5.17. The lowest BCUT2D eigenvalue weighted by Crippen LogP contribution is -2.45. The molecule has 1 amide bonds.